The lowest BCUT2D eigenvalue weighted by Gasteiger charge is -2.59. The second-order valence-electron chi connectivity index (χ2n) is 5.31. The van der Waals surface area contributed by atoms with E-state index in [1.807, 2.05) is 0 Å². The standard InChI is InChI=1S/C11H20N2O/c1-9-4-11(5-9)7-13(8-11)3-2-10(12)6-14/h6,9-10H,2-5,7-8,12H2,1H3. The maximum atomic E-state index is 10.3. The molecule has 14 heavy (non-hydrogen) atoms. The number of likely N-dealkylation sites (tertiary alicyclic amines) is 1. The third-order valence-electron chi connectivity index (χ3n) is 3.63. The number of carbonyl (C=O) groups is 1. The van der Waals surface area contributed by atoms with Crippen LogP contribution in [0, 0.1) is 11.3 Å². The summed E-state index contributed by atoms with van der Waals surface area (Å²) in [5, 5.41) is 0. The molecule has 1 saturated heterocycles. The first-order valence-corrected chi connectivity index (χ1v) is 5.57. The van der Waals surface area contributed by atoms with Gasteiger partial charge in [-0.25, -0.2) is 0 Å². The molecule has 1 aliphatic heterocycles. The van der Waals surface area contributed by atoms with Crippen LogP contribution in [-0.4, -0.2) is 36.9 Å². The zero-order valence-electron chi connectivity index (χ0n) is 8.91. The highest BCUT2D eigenvalue weighted by Gasteiger charge is 2.50. The Kier molecular flexibility index (Phi) is 2.62. The molecule has 1 spiro atoms. The Morgan fingerprint density at radius 3 is 2.71 bits per heavy atom. The van der Waals surface area contributed by atoms with Crippen molar-refractivity contribution >= 4 is 6.29 Å². The molecule has 0 bridgehead atoms. The van der Waals surface area contributed by atoms with Gasteiger partial charge in [-0.1, -0.05) is 6.92 Å². The molecule has 2 N–H and O–H groups in total. The fourth-order valence-corrected chi connectivity index (χ4v) is 3.14. The predicted molar refractivity (Wildman–Crippen MR) is 55.9 cm³/mol. The second kappa shape index (κ2) is 3.63. The predicted octanol–water partition coefficient (Wildman–Crippen LogP) is 0.635. The van der Waals surface area contributed by atoms with Crippen LogP contribution in [0.5, 0.6) is 0 Å². The molecule has 80 valence electrons. The summed E-state index contributed by atoms with van der Waals surface area (Å²) in [6.07, 6.45) is 4.47. The molecule has 3 heteroatoms. The van der Waals surface area contributed by atoms with Gasteiger partial charge in [-0.05, 0) is 30.6 Å². The van der Waals surface area contributed by atoms with Crippen molar-refractivity contribution in [3.63, 3.8) is 0 Å². The van der Waals surface area contributed by atoms with Crippen LogP contribution in [0.4, 0.5) is 0 Å². The molecule has 1 heterocycles. The smallest absolute Gasteiger partial charge is 0.136 e. The summed E-state index contributed by atoms with van der Waals surface area (Å²) >= 11 is 0. The summed E-state index contributed by atoms with van der Waals surface area (Å²) in [4.78, 5) is 12.7. The van der Waals surface area contributed by atoms with Crippen LogP contribution >= 0.6 is 0 Å². The molecule has 3 nitrogen and oxygen atoms in total. The third-order valence-corrected chi connectivity index (χ3v) is 3.63. The molecule has 1 aliphatic carbocycles. The van der Waals surface area contributed by atoms with E-state index in [1.54, 1.807) is 0 Å². The van der Waals surface area contributed by atoms with Crippen molar-refractivity contribution in [2.24, 2.45) is 17.1 Å². The number of carbonyl (C=O) groups excluding carboxylic acids is 1. The van der Waals surface area contributed by atoms with Gasteiger partial charge in [-0.2, -0.15) is 0 Å². The molecule has 2 aliphatic rings. The minimum atomic E-state index is -0.258. The first-order chi connectivity index (χ1) is 6.63. The zero-order valence-corrected chi connectivity index (χ0v) is 8.91. The van der Waals surface area contributed by atoms with E-state index in [4.69, 9.17) is 5.73 Å². The average molecular weight is 196 g/mol. The van der Waals surface area contributed by atoms with Gasteiger partial charge in [-0.3, -0.25) is 0 Å². The number of nitrogens with two attached hydrogens (primary N) is 1. The highest BCUT2D eigenvalue weighted by Crippen LogP contribution is 2.51. The molecule has 0 aromatic heterocycles. The maximum absolute atomic E-state index is 10.3. The zero-order chi connectivity index (χ0) is 10.2. The molecule has 2 rings (SSSR count). The topological polar surface area (TPSA) is 46.3 Å². The van der Waals surface area contributed by atoms with E-state index < -0.39 is 0 Å². The van der Waals surface area contributed by atoms with E-state index in [9.17, 15) is 4.79 Å². The van der Waals surface area contributed by atoms with Gasteiger partial charge in [0.05, 0.1) is 6.04 Å². The van der Waals surface area contributed by atoms with Crippen molar-refractivity contribution in [3.05, 3.63) is 0 Å². The van der Waals surface area contributed by atoms with E-state index >= 15 is 0 Å². The van der Waals surface area contributed by atoms with Gasteiger partial charge in [0.15, 0.2) is 0 Å². The normalized spacial score (nSPS) is 28.1. The first-order valence-electron chi connectivity index (χ1n) is 5.57. The Labute approximate surface area is 85.6 Å². The van der Waals surface area contributed by atoms with E-state index in [1.165, 1.54) is 25.9 Å². The Hall–Kier alpha value is -0.410. The van der Waals surface area contributed by atoms with Gasteiger partial charge in [0.2, 0.25) is 0 Å². The van der Waals surface area contributed by atoms with Crippen LogP contribution in [0.1, 0.15) is 26.2 Å². The molecular weight excluding hydrogens is 176 g/mol. The molecular formula is C11H20N2O. The van der Waals surface area contributed by atoms with Crippen molar-refractivity contribution in [3.8, 4) is 0 Å². The van der Waals surface area contributed by atoms with Crippen molar-refractivity contribution in [1.29, 1.82) is 0 Å². The Bertz CT molecular complexity index is 215. The Balaban J connectivity index is 1.62. The fraction of sp³-hybridized carbons (Fsp3) is 0.909. The van der Waals surface area contributed by atoms with Gasteiger partial charge in [0, 0.05) is 19.6 Å². The van der Waals surface area contributed by atoms with E-state index in [0.717, 1.165) is 25.2 Å². The quantitative estimate of drug-likeness (QED) is 0.671. The first kappa shape index (κ1) is 10.1. The van der Waals surface area contributed by atoms with Gasteiger partial charge in [0.25, 0.3) is 0 Å². The fourth-order valence-electron chi connectivity index (χ4n) is 3.14. The third kappa shape index (κ3) is 1.84. The molecule has 0 aromatic rings. The van der Waals surface area contributed by atoms with E-state index in [0.29, 0.717) is 5.41 Å². The molecule has 0 radical (unpaired) electrons. The van der Waals surface area contributed by atoms with Gasteiger partial charge in [-0.15, -0.1) is 0 Å². The van der Waals surface area contributed by atoms with Crippen LogP contribution in [-0.2, 0) is 4.79 Å². The summed E-state index contributed by atoms with van der Waals surface area (Å²) in [6, 6.07) is -0.258. The molecule has 0 amide bonds. The Morgan fingerprint density at radius 1 is 1.57 bits per heavy atom. The van der Waals surface area contributed by atoms with Crippen molar-refractivity contribution < 1.29 is 4.79 Å². The van der Waals surface area contributed by atoms with E-state index in [-0.39, 0.29) is 6.04 Å². The molecule has 1 saturated carbocycles. The summed E-state index contributed by atoms with van der Waals surface area (Å²) in [6.45, 7) is 5.80. The molecule has 2 fully saturated rings. The minimum Gasteiger partial charge on any atom is -0.322 e. The summed E-state index contributed by atoms with van der Waals surface area (Å²) < 4.78 is 0. The van der Waals surface area contributed by atoms with Crippen molar-refractivity contribution in [1.82, 2.24) is 4.90 Å². The average Bonchev–Trinajstić information content (AvgIpc) is 2.06. The number of aldehydes is 1. The SMILES string of the molecule is CC1CC2(C1)CN(CCC(N)C=O)C2. The Morgan fingerprint density at radius 2 is 2.21 bits per heavy atom. The molecule has 1 atom stereocenters. The number of hydrogen-bond acceptors (Lipinski definition) is 3. The largest absolute Gasteiger partial charge is 0.322 e. The lowest BCUT2D eigenvalue weighted by molar-refractivity contribution is -0.110. The van der Waals surface area contributed by atoms with Crippen LogP contribution in [0.3, 0.4) is 0 Å². The highest BCUT2D eigenvalue weighted by molar-refractivity contribution is 5.56. The summed E-state index contributed by atoms with van der Waals surface area (Å²) in [5.74, 6) is 0.939. The van der Waals surface area contributed by atoms with E-state index in [2.05, 4.69) is 11.8 Å². The number of hydrogen-bond donors (Lipinski definition) is 1. The number of nitrogens with zero attached hydrogens (tertiary/aromatic N) is 1. The van der Waals surface area contributed by atoms with Gasteiger partial charge in [0.1, 0.15) is 6.29 Å². The maximum Gasteiger partial charge on any atom is 0.136 e. The summed E-state index contributed by atoms with van der Waals surface area (Å²) in [5.41, 5.74) is 6.21. The molecule has 1 unspecified atom stereocenters. The van der Waals surface area contributed by atoms with Gasteiger partial charge >= 0.3 is 0 Å². The second-order valence-corrected chi connectivity index (χ2v) is 5.31. The minimum absolute atomic E-state index is 0.258. The lowest BCUT2D eigenvalue weighted by atomic mass is 9.58. The van der Waals surface area contributed by atoms with Crippen LogP contribution in [0.25, 0.3) is 0 Å². The summed E-state index contributed by atoms with van der Waals surface area (Å²) in [7, 11) is 0. The highest BCUT2D eigenvalue weighted by atomic mass is 16.1. The van der Waals surface area contributed by atoms with Crippen molar-refractivity contribution in [2.45, 2.75) is 32.2 Å². The monoisotopic (exact) mass is 196 g/mol. The number of rotatable bonds is 4. The van der Waals surface area contributed by atoms with Crippen LogP contribution in [0.15, 0.2) is 0 Å². The van der Waals surface area contributed by atoms with Crippen molar-refractivity contribution in [2.75, 3.05) is 19.6 Å². The van der Waals surface area contributed by atoms with Gasteiger partial charge < -0.3 is 15.4 Å². The molecule has 0 aromatic carbocycles. The lowest BCUT2D eigenvalue weighted by Crippen LogP contribution is -2.62. The van der Waals surface area contributed by atoms with Crippen LogP contribution < -0.4 is 5.73 Å². The van der Waals surface area contributed by atoms with Crippen LogP contribution in [0.2, 0.25) is 0 Å².